The van der Waals surface area contributed by atoms with Crippen LogP contribution < -0.4 is 20.7 Å². The van der Waals surface area contributed by atoms with Gasteiger partial charge in [-0.25, -0.2) is 4.79 Å². The van der Waals surface area contributed by atoms with E-state index in [4.69, 9.17) is 9.47 Å². The van der Waals surface area contributed by atoms with Gasteiger partial charge >= 0.3 is 12.3 Å². The highest BCUT2D eigenvalue weighted by molar-refractivity contribution is 5.79. The summed E-state index contributed by atoms with van der Waals surface area (Å²) in [4.78, 5) is 15.6. The van der Waals surface area contributed by atoms with E-state index in [1.54, 1.807) is 52.9 Å². The number of nitrogens with one attached hydrogen (secondary N) is 3. The number of hydrogen-bond acceptors (Lipinski definition) is 4. The molecule has 1 aromatic carbocycles. The van der Waals surface area contributed by atoms with E-state index in [9.17, 15) is 18.0 Å². The van der Waals surface area contributed by atoms with E-state index < -0.39 is 24.5 Å². The van der Waals surface area contributed by atoms with E-state index in [2.05, 4.69) is 20.9 Å². The molecule has 0 spiro atoms. The van der Waals surface area contributed by atoms with Crippen molar-refractivity contribution in [1.29, 1.82) is 0 Å². The van der Waals surface area contributed by atoms with Crippen LogP contribution in [0.15, 0.2) is 23.2 Å². The summed E-state index contributed by atoms with van der Waals surface area (Å²) in [5.74, 6) is 0.593. The van der Waals surface area contributed by atoms with Gasteiger partial charge in [-0.2, -0.15) is 13.2 Å². The van der Waals surface area contributed by atoms with Crippen molar-refractivity contribution in [2.75, 3.05) is 26.7 Å². The molecular formula is C19H29F3N4O3. The molecule has 7 nitrogen and oxygen atoms in total. The van der Waals surface area contributed by atoms with Gasteiger partial charge in [0, 0.05) is 32.2 Å². The molecule has 1 rings (SSSR count). The van der Waals surface area contributed by atoms with Crippen molar-refractivity contribution in [3.05, 3.63) is 29.3 Å². The number of hydrogen-bond donors (Lipinski definition) is 3. The number of benzene rings is 1. The van der Waals surface area contributed by atoms with E-state index in [0.29, 0.717) is 24.6 Å². The number of amides is 1. The third-order valence-corrected chi connectivity index (χ3v) is 3.37. The van der Waals surface area contributed by atoms with Gasteiger partial charge in [0.15, 0.2) is 12.6 Å². The smallest absolute Gasteiger partial charge is 0.422 e. The number of rotatable bonds is 7. The van der Waals surface area contributed by atoms with Crippen LogP contribution in [0.3, 0.4) is 0 Å². The van der Waals surface area contributed by atoms with Crippen molar-refractivity contribution in [2.24, 2.45) is 4.99 Å². The summed E-state index contributed by atoms with van der Waals surface area (Å²) < 4.78 is 47.4. The van der Waals surface area contributed by atoms with Crippen LogP contribution in [0, 0.1) is 6.92 Å². The number of alkyl halides is 3. The molecule has 0 aliphatic carbocycles. The lowest BCUT2D eigenvalue weighted by atomic mass is 10.1. The largest absolute Gasteiger partial charge is 0.484 e. The highest BCUT2D eigenvalue weighted by Gasteiger charge is 2.28. The number of guanidine groups is 1. The molecule has 164 valence electrons. The molecule has 3 N–H and O–H groups in total. The summed E-state index contributed by atoms with van der Waals surface area (Å²) in [6.45, 7) is 6.64. The number of aliphatic imine (C=N–C) groups is 1. The van der Waals surface area contributed by atoms with Gasteiger partial charge in [0.2, 0.25) is 0 Å². The number of alkyl carbamates (subject to hydrolysis) is 1. The average Bonchev–Trinajstić information content (AvgIpc) is 2.58. The molecule has 0 aliphatic heterocycles. The summed E-state index contributed by atoms with van der Waals surface area (Å²) in [5.41, 5.74) is 0.783. The summed E-state index contributed by atoms with van der Waals surface area (Å²) in [6.07, 6.45) is -4.93. The quantitative estimate of drug-likeness (QED) is 0.360. The highest BCUT2D eigenvalue weighted by atomic mass is 19.4. The van der Waals surface area contributed by atoms with Crippen LogP contribution in [0.2, 0.25) is 0 Å². The standard InChI is InChI=1S/C19H29F3N4O3/c1-13-6-7-14(15(10-13)28-12-19(20,21)22)11-26-16(23-5)24-8-9-25-17(27)29-18(2,3)4/h6-7,10H,8-9,11-12H2,1-5H3,(H,25,27)(H2,23,24,26). The zero-order valence-electron chi connectivity index (χ0n) is 17.4. The SMILES string of the molecule is CN=C(NCCNC(=O)OC(C)(C)C)NCc1ccc(C)cc1OCC(F)(F)F. The average molecular weight is 418 g/mol. The van der Waals surface area contributed by atoms with E-state index >= 15 is 0 Å². The van der Waals surface area contributed by atoms with Crippen LogP contribution in [0.25, 0.3) is 0 Å². The number of carbonyl (C=O) groups excluding carboxylic acids is 1. The topological polar surface area (TPSA) is 84.0 Å². The van der Waals surface area contributed by atoms with Gasteiger partial charge in [-0.15, -0.1) is 0 Å². The van der Waals surface area contributed by atoms with Crippen LogP contribution in [-0.2, 0) is 11.3 Å². The van der Waals surface area contributed by atoms with Gasteiger partial charge in [0.25, 0.3) is 0 Å². The Bertz CT molecular complexity index is 701. The number of carbonyl (C=O) groups is 1. The number of nitrogens with zero attached hydrogens (tertiary/aromatic N) is 1. The lowest BCUT2D eigenvalue weighted by Gasteiger charge is -2.20. The van der Waals surface area contributed by atoms with Gasteiger partial charge in [-0.05, 0) is 39.3 Å². The first-order chi connectivity index (χ1) is 13.4. The van der Waals surface area contributed by atoms with Crippen molar-refractivity contribution in [1.82, 2.24) is 16.0 Å². The molecule has 0 unspecified atom stereocenters. The maximum absolute atomic E-state index is 12.5. The second kappa shape index (κ2) is 10.8. The highest BCUT2D eigenvalue weighted by Crippen LogP contribution is 2.23. The predicted molar refractivity (Wildman–Crippen MR) is 105 cm³/mol. The maximum Gasteiger partial charge on any atom is 0.422 e. The van der Waals surface area contributed by atoms with Gasteiger partial charge in [-0.1, -0.05) is 12.1 Å². The van der Waals surface area contributed by atoms with Crippen LogP contribution in [0.4, 0.5) is 18.0 Å². The minimum Gasteiger partial charge on any atom is -0.484 e. The second-order valence-corrected chi connectivity index (χ2v) is 7.30. The molecule has 0 bridgehead atoms. The molecule has 0 atom stereocenters. The second-order valence-electron chi connectivity index (χ2n) is 7.30. The van der Waals surface area contributed by atoms with E-state index in [1.165, 1.54) is 0 Å². The Morgan fingerprint density at radius 3 is 2.34 bits per heavy atom. The molecule has 1 amide bonds. The fourth-order valence-electron chi connectivity index (χ4n) is 2.16. The Labute approximate surface area is 169 Å². The number of ether oxygens (including phenoxy) is 2. The molecule has 0 saturated heterocycles. The minimum absolute atomic E-state index is 0.164. The van der Waals surface area contributed by atoms with Crippen molar-refractivity contribution in [2.45, 2.75) is 46.0 Å². The first-order valence-corrected chi connectivity index (χ1v) is 9.10. The zero-order chi connectivity index (χ0) is 22.1. The third kappa shape index (κ3) is 11.1. The van der Waals surface area contributed by atoms with Gasteiger partial charge in [0.1, 0.15) is 11.4 Å². The van der Waals surface area contributed by atoms with Crippen LogP contribution >= 0.6 is 0 Å². The fraction of sp³-hybridized carbons (Fsp3) is 0.579. The normalized spacial score (nSPS) is 12.3. The Kier molecular flexibility index (Phi) is 9.06. The first kappa shape index (κ1) is 24.4. The Morgan fingerprint density at radius 2 is 1.76 bits per heavy atom. The number of aryl methyl sites for hydroxylation is 1. The summed E-state index contributed by atoms with van der Waals surface area (Å²) >= 11 is 0. The first-order valence-electron chi connectivity index (χ1n) is 9.10. The third-order valence-electron chi connectivity index (χ3n) is 3.37. The Hall–Kier alpha value is -2.65. The zero-order valence-corrected chi connectivity index (χ0v) is 17.4. The van der Waals surface area contributed by atoms with E-state index in [-0.39, 0.29) is 12.3 Å². The van der Waals surface area contributed by atoms with Crippen molar-refractivity contribution < 1.29 is 27.4 Å². The molecule has 0 heterocycles. The molecule has 0 aromatic heterocycles. The van der Waals surface area contributed by atoms with Gasteiger partial charge in [-0.3, -0.25) is 4.99 Å². The summed E-state index contributed by atoms with van der Waals surface area (Å²) in [6, 6.07) is 5.05. The molecular weight excluding hydrogens is 389 g/mol. The summed E-state index contributed by atoms with van der Waals surface area (Å²) in [5, 5.41) is 8.60. The molecule has 0 aliphatic rings. The molecule has 29 heavy (non-hydrogen) atoms. The van der Waals surface area contributed by atoms with Crippen LogP contribution in [0.5, 0.6) is 5.75 Å². The molecule has 10 heteroatoms. The van der Waals surface area contributed by atoms with E-state index in [0.717, 1.165) is 5.56 Å². The predicted octanol–water partition coefficient (Wildman–Crippen LogP) is 3.13. The minimum atomic E-state index is -4.41. The van der Waals surface area contributed by atoms with Crippen molar-refractivity contribution in [3.8, 4) is 5.75 Å². The number of halogens is 3. The van der Waals surface area contributed by atoms with Crippen molar-refractivity contribution in [3.63, 3.8) is 0 Å². The van der Waals surface area contributed by atoms with E-state index in [1.807, 2.05) is 0 Å². The summed E-state index contributed by atoms with van der Waals surface area (Å²) in [7, 11) is 1.56. The Balaban J connectivity index is 2.51. The van der Waals surface area contributed by atoms with Crippen molar-refractivity contribution >= 4 is 12.1 Å². The van der Waals surface area contributed by atoms with Gasteiger partial charge in [0.05, 0.1) is 0 Å². The molecule has 1 aromatic rings. The molecule has 0 saturated carbocycles. The Morgan fingerprint density at radius 1 is 1.10 bits per heavy atom. The monoisotopic (exact) mass is 418 g/mol. The maximum atomic E-state index is 12.5. The molecule has 0 fully saturated rings. The fourth-order valence-corrected chi connectivity index (χ4v) is 2.16. The van der Waals surface area contributed by atoms with Crippen LogP contribution in [-0.4, -0.2) is 50.6 Å². The van der Waals surface area contributed by atoms with Gasteiger partial charge < -0.3 is 25.4 Å². The van der Waals surface area contributed by atoms with Crippen LogP contribution in [0.1, 0.15) is 31.9 Å². The lowest BCUT2D eigenvalue weighted by molar-refractivity contribution is -0.153. The molecule has 0 radical (unpaired) electrons. The lowest BCUT2D eigenvalue weighted by Crippen LogP contribution is -2.42.